The lowest BCUT2D eigenvalue weighted by Crippen LogP contribution is -2.33. The molecule has 4 rings (SSSR count). The first kappa shape index (κ1) is 22.2. The third-order valence-electron chi connectivity index (χ3n) is 5.40. The fourth-order valence-corrected chi connectivity index (χ4v) is 3.61. The highest BCUT2D eigenvalue weighted by molar-refractivity contribution is 6.03. The molecule has 1 N–H and O–H groups in total. The number of cyclic esters (lactones) is 1. The Hall–Kier alpha value is -4.00. The van der Waals surface area contributed by atoms with Crippen LogP contribution in [0.2, 0.25) is 0 Å². The average molecular weight is 447 g/mol. The molecule has 7 nitrogen and oxygen atoms in total. The summed E-state index contributed by atoms with van der Waals surface area (Å²) >= 11 is 0. The summed E-state index contributed by atoms with van der Waals surface area (Å²) < 4.78 is 22.6. The number of aryl methyl sites for hydroxylation is 1. The van der Waals surface area contributed by atoms with Gasteiger partial charge in [-0.05, 0) is 73.5 Å². The van der Waals surface area contributed by atoms with Gasteiger partial charge in [-0.3, -0.25) is 10.1 Å². The van der Waals surface area contributed by atoms with E-state index in [1.54, 1.807) is 38.3 Å². The van der Waals surface area contributed by atoms with E-state index in [9.17, 15) is 9.59 Å². The zero-order valence-electron chi connectivity index (χ0n) is 18.7. The maximum absolute atomic E-state index is 12.2. The number of rotatable bonds is 8. The van der Waals surface area contributed by atoms with E-state index in [0.29, 0.717) is 28.6 Å². The summed E-state index contributed by atoms with van der Waals surface area (Å²) in [5.41, 5.74) is 0.128. The second-order valence-electron chi connectivity index (χ2n) is 7.80. The van der Waals surface area contributed by atoms with Crippen molar-refractivity contribution in [1.29, 1.82) is 0 Å². The van der Waals surface area contributed by atoms with Gasteiger partial charge in [-0.25, -0.2) is 4.79 Å². The molecule has 1 heterocycles. The molecule has 0 aromatic heterocycles. The monoisotopic (exact) mass is 447 g/mol. The Morgan fingerprint density at radius 2 is 1.58 bits per heavy atom. The molecule has 1 aliphatic rings. The average Bonchev–Trinajstić information content (AvgIpc) is 3.08. The first-order chi connectivity index (χ1) is 15.9. The highest BCUT2D eigenvalue weighted by Crippen LogP contribution is 2.35. The van der Waals surface area contributed by atoms with Gasteiger partial charge in [0, 0.05) is 5.56 Å². The third kappa shape index (κ3) is 4.77. The number of methoxy groups -OCH3 is 1. The number of carbonyl (C=O) groups is 2. The lowest BCUT2D eigenvalue weighted by molar-refractivity contribution is -0.130. The molecule has 1 atom stereocenters. The van der Waals surface area contributed by atoms with Gasteiger partial charge in [0.2, 0.25) is 5.60 Å². The van der Waals surface area contributed by atoms with Crippen LogP contribution < -0.4 is 19.5 Å². The van der Waals surface area contributed by atoms with Crippen LogP contribution in [-0.4, -0.2) is 19.1 Å². The summed E-state index contributed by atoms with van der Waals surface area (Å²) in [4.78, 5) is 23.7. The summed E-state index contributed by atoms with van der Waals surface area (Å²) in [6.45, 7) is 3.65. The number of hydrogen-bond donors (Lipinski definition) is 1. The topological polar surface area (TPSA) is 83.1 Å². The van der Waals surface area contributed by atoms with Crippen LogP contribution in [-0.2, 0) is 21.6 Å². The normalized spacial score (nSPS) is 17.3. The van der Waals surface area contributed by atoms with E-state index < -0.39 is 17.6 Å². The Morgan fingerprint density at radius 1 is 0.879 bits per heavy atom. The molecule has 3 aromatic carbocycles. The van der Waals surface area contributed by atoms with Crippen molar-refractivity contribution in [2.75, 3.05) is 7.11 Å². The van der Waals surface area contributed by atoms with Gasteiger partial charge in [-0.2, -0.15) is 0 Å². The fraction of sp³-hybridized carbons (Fsp3) is 0.231. The Kier molecular flexibility index (Phi) is 6.22. The molecule has 33 heavy (non-hydrogen) atoms. The number of amides is 2. The van der Waals surface area contributed by atoms with Crippen molar-refractivity contribution in [3.8, 4) is 28.7 Å². The summed E-state index contributed by atoms with van der Waals surface area (Å²) in [7, 11) is 1.62. The first-order valence-electron chi connectivity index (χ1n) is 10.7. The minimum Gasteiger partial charge on any atom is -0.497 e. The van der Waals surface area contributed by atoms with E-state index in [4.69, 9.17) is 18.9 Å². The van der Waals surface area contributed by atoms with Gasteiger partial charge in [0.15, 0.2) is 0 Å². The van der Waals surface area contributed by atoms with Crippen molar-refractivity contribution in [3.05, 3.63) is 77.9 Å². The molecule has 1 saturated heterocycles. The standard InChI is InChI=1S/C26H25NO6/c1-4-6-17-15-22(31-20-11-9-19(30-3)10-12-20)13-14-23(17)32-21-8-5-7-18(16-21)26(2)24(28)27-25(29)33-26/h5,7-16H,4,6H2,1-3H3,(H,27,28,29)/t26-/m0/s1. The van der Waals surface area contributed by atoms with Crippen molar-refractivity contribution in [2.45, 2.75) is 32.3 Å². The molecule has 1 aliphatic heterocycles. The maximum Gasteiger partial charge on any atom is 0.415 e. The van der Waals surface area contributed by atoms with Gasteiger partial charge in [0.1, 0.15) is 28.7 Å². The molecule has 7 heteroatoms. The molecule has 3 aromatic rings. The zero-order valence-corrected chi connectivity index (χ0v) is 18.7. The van der Waals surface area contributed by atoms with Crippen molar-refractivity contribution in [2.24, 2.45) is 0 Å². The van der Waals surface area contributed by atoms with Crippen molar-refractivity contribution < 1.29 is 28.5 Å². The van der Waals surface area contributed by atoms with Gasteiger partial charge < -0.3 is 18.9 Å². The minimum absolute atomic E-state index is 0.503. The molecule has 0 unspecified atom stereocenters. The number of carbonyl (C=O) groups excluding carboxylic acids is 2. The molecule has 0 aliphatic carbocycles. The number of alkyl carbamates (subject to hydrolysis) is 1. The Morgan fingerprint density at radius 3 is 2.24 bits per heavy atom. The largest absolute Gasteiger partial charge is 0.497 e. The van der Waals surface area contributed by atoms with E-state index in [1.165, 1.54) is 0 Å². The zero-order chi connectivity index (χ0) is 23.4. The van der Waals surface area contributed by atoms with Crippen molar-refractivity contribution >= 4 is 12.0 Å². The Balaban J connectivity index is 1.56. The smallest absolute Gasteiger partial charge is 0.415 e. The fourth-order valence-electron chi connectivity index (χ4n) is 3.61. The van der Waals surface area contributed by atoms with E-state index in [2.05, 4.69) is 12.2 Å². The van der Waals surface area contributed by atoms with E-state index in [-0.39, 0.29) is 0 Å². The highest BCUT2D eigenvalue weighted by atomic mass is 16.6. The molecule has 1 fully saturated rings. The van der Waals surface area contributed by atoms with Crippen molar-refractivity contribution in [3.63, 3.8) is 0 Å². The van der Waals surface area contributed by atoms with Gasteiger partial charge >= 0.3 is 6.09 Å². The van der Waals surface area contributed by atoms with Gasteiger partial charge in [-0.15, -0.1) is 0 Å². The maximum atomic E-state index is 12.2. The summed E-state index contributed by atoms with van der Waals surface area (Å²) in [5.74, 6) is 2.89. The van der Waals surface area contributed by atoms with E-state index in [1.807, 2.05) is 42.5 Å². The minimum atomic E-state index is -1.39. The van der Waals surface area contributed by atoms with E-state index in [0.717, 1.165) is 24.2 Å². The van der Waals surface area contributed by atoms with Crippen LogP contribution in [0.25, 0.3) is 0 Å². The Labute approximate surface area is 192 Å². The predicted octanol–water partition coefficient (Wildman–Crippen LogP) is 5.71. The number of nitrogens with one attached hydrogen (secondary N) is 1. The second-order valence-corrected chi connectivity index (χ2v) is 7.80. The molecule has 170 valence electrons. The van der Waals surface area contributed by atoms with Crippen LogP contribution in [0, 0.1) is 0 Å². The van der Waals surface area contributed by atoms with Gasteiger partial charge in [0.25, 0.3) is 5.91 Å². The summed E-state index contributed by atoms with van der Waals surface area (Å²) in [5, 5.41) is 2.17. The molecule has 0 saturated carbocycles. The molecule has 2 amide bonds. The molecule has 0 bridgehead atoms. The molecular formula is C26H25NO6. The molecular weight excluding hydrogens is 422 g/mol. The lowest BCUT2D eigenvalue weighted by Gasteiger charge is -2.20. The van der Waals surface area contributed by atoms with Crippen LogP contribution in [0.1, 0.15) is 31.4 Å². The molecule has 0 radical (unpaired) electrons. The van der Waals surface area contributed by atoms with Gasteiger partial charge in [0.05, 0.1) is 7.11 Å². The van der Waals surface area contributed by atoms with Crippen molar-refractivity contribution in [1.82, 2.24) is 5.32 Å². The SMILES string of the molecule is CCCc1cc(Oc2ccc(OC)cc2)ccc1Oc1cccc([C@]2(C)OC(=O)NC2=O)c1. The number of ether oxygens (including phenoxy) is 4. The number of benzene rings is 3. The second kappa shape index (κ2) is 9.24. The Bertz CT molecular complexity index is 1170. The van der Waals surface area contributed by atoms with Crippen LogP contribution >= 0.6 is 0 Å². The van der Waals surface area contributed by atoms with Crippen LogP contribution in [0.5, 0.6) is 28.7 Å². The van der Waals surface area contributed by atoms with Gasteiger partial charge in [-0.1, -0.05) is 25.5 Å². The molecule has 0 spiro atoms. The van der Waals surface area contributed by atoms with E-state index >= 15 is 0 Å². The van der Waals surface area contributed by atoms with Crippen LogP contribution in [0.4, 0.5) is 4.79 Å². The first-order valence-corrected chi connectivity index (χ1v) is 10.7. The quantitative estimate of drug-likeness (QED) is 0.476. The predicted molar refractivity (Wildman–Crippen MR) is 122 cm³/mol. The summed E-state index contributed by atoms with van der Waals surface area (Å²) in [6, 6.07) is 20.0. The number of hydrogen-bond acceptors (Lipinski definition) is 6. The highest BCUT2D eigenvalue weighted by Gasteiger charge is 2.46. The third-order valence-corrected chi connectivity index (χ3v) is 5.40. The number of imide groups is 1. The van der Waals surface area contributed by atoms with Crippen LogP contribution in [0.3, 0.4) is 0 Å². The lowest BCUT2D eigenvalue weighted by atomic mass is 9.95. The van der Waals surface area contributed by atoms with Crippen LogP contribution in [0.15, 0.2) is 66.7 Å². The summed E-state index contributed by atoms with van der Waals surface area (Å²) in [6.07, 6.45) is 0.967.